The third-order valence-electron chi connectivity index (χ3n) is 5.67. The Balaban J connectivity index is 1.45. The second-order valence-corrected chi connectivity index (χ2v) is 10.3. The lowest BCUT2D eigenvalue weighted by atomic mass is 10.2. The largest absolute Gasteiger partial charge is 0.495 e. The molecule has 2 aromatic heterocycles. The van der Waals surface area contributed by atoms with Crippen LogP contribution in [0.5, 0.6) is 17.4 Å². The van der Waals surface area contributed by atoms with Gasteiger partial charge in [0.25, 0.3) is 15.9 Å². The third-order valence-corrected chi connectivity index (χ3v) is 7.07. The summed E-state index contributed by atoms with van der Waals surface area (Å²) in [6, 6.07) is 19.3. The van der Waals surface area contributed by atoms with Crippen molar-refractivity contribution in [1.82, 2.24) is 19.6 Å². The number of nitrogens with one attached hydrogen (secondary N) is 1. The molecule has 1 N–H and O–H groups in total. The zero-order chi connectivity index (χ0) is 25.4. The maximum Gasteiger partial charge on any atom is 0.266 e. The van der Waals surface area contributed by atoms with Crippen LogP contribution in [0.2, 0.25) is 0 Å². The summed E-state index contributed by atoms with van der Waals surface area (Å²) in [7, 11) is -2.42. The summed E-state index contributed by atoms with van der Waals surface area (Å²) >= 11 is 0. The Morgan fingerprint density at radius 1 is 0.972 bits per heavy atom. The number of para-hydroxylation sites is 2. The molecule has 0 saturated heterocycles. The van der Waals surface area contributed by atoms with Gasteiger partial charge in [-0.15, -0.1) is 10.2 Å². The molecule has 0 fully saturated rings. The van der Waals surface area contributed by atoms with Crippen molar-refractivity contribution in [3.8, 4) is 17.4 Å². The van der Waals surface area contributed by atoms with Gasteiger partial charge in [0.2, 0.25) is 5.65 Å². The van der Waals surface area contributed by atoms with Crippen LogP contribution in [-0.4, -0.2) is 35.1 Å². The number of nitrogens with zero attached hydrogens (tertiary/aromatic N) is 4. The summed E-state index contributed by atoms with van der Waals surface area (Å²) in [5.74, 6) is 2.02. The Kier molecular flexibility index (Phi) is 5.97. The Bertz CT molecular complexity index is 1680. The van der Waals surface area contributed by atoms with Crippen LogP contribution < -0.4 is 14.2 Å². The fraction of sp³-hybridized carbons (Fsp3) is 0.192. The minimum Gasteiger partial charge on any atom is -0.495 e. The van der Waals surface area contributed by atoms with Crippen molar-refractivity contribution < 1.29 is 17.9 Å². The van der Waals surface area contributed by atoms with Gasteiger partial charge in [0.05, 0.1) is 18.1 Å². The van der Waals surface area contributed by atoms with E-state index in [0.717, 1.165) is 22.4 Å². The zero-order valence-corrected chi connectivity index (χ0v) is 21.1. The summed E-state index contributed by atoms with van der Waals surface area (Å²) < 4.78 is 41.8. The predicted molar refractivity (Wildman–Crippen MR) is 137 cm³/mol. The van der Waals surface area contributed by atoms with Crippen molar-refractivity contribution in [1.29, 1.82) is 0 Å². The minimum atomic E-state index is -3.86. The predicted octanol–water partition coefficient (Wildman–Crippen LogP) is 5.31. The SMILES string of the molecule is COc1ccc(C)cc1S(=O)(=O)Nc1ccc(Oc2nc3ccccc3n3c(C(C)C)nnc23)cc1. The first-order chi connectivity index (χ1) is 17.3. The average Bonchev–Trinajstić information content (AvgIpc) is 3.31. The summed E-state index contributed by atoms with van der Waals surface area (Å²) in [4.78, 5) is 4.72. The highest BCUT2D eigenvalue weighted by Crippen LogP contribution is 2.31. The van der Waals surface area contributed by atoms with E-state index < -0.39 is 10.0 Å². The van der Waals surface area contributed by atoms with Crippen LogP contribution in [0.4, 0.5) is 5.69 Å². The number of benzene rings is 3. The maximum absolute atomic E-state index is 13.0. The Labute approximate surface area is 208 Å². The molecule has 0 spiro atoms. The molecule has 0 atom stereocenters. The summed E-state index contributed by atoms with van der Waals surface area (Å²) in [5, 5.41) is 8.69. The number of hydrogen-bond acceptors (Lipinski definition) is 7. The van der Waals surface area contributed by atoms with Crippen LogP contribution in [0.3, 0.4) is 0 Å². The first-order valence-corrected chi connectivity index (χ1v) is 12.8. The van der Waals surface area contributed by atoms with Crippen molar-refractivity contribution in [3.63, 3.8) is 0 Å². The molecule has 0 bridgehead atoms. The van der Waals surface area contributed by atoms with Crippen LogP contribution in [0.15, 0.2) is 71.6 Å². The fourth-order valence-electron chi connectivity index (χ4n) is 3.93. The fourth-order valence-corrected chi connectivity index (χ4v) is 5.24. The number of aryl methyl sites for hydroxylation is 1. The highest BCUT2D eigenvalue weighted by molar-refractivity contribution is 7.92. The maximum atomic E-state index is 13.0. The second kappa shape index (κ2) is 9.12. The number of hydrogen-bond donors (Lipinski definition) is 1. The van der Waals surface area contributed by atoms with Gasteiger partial charge in [-0.25, -0.2) is 13.4 Å². The molecule has 36 heavy (non-hydrogen) atoms. The topological polar surface area (TPSA) is 108 Å². The van der Waals surface area contributed by atoms with Crippen molar-refractivity contribution in [2.24, 2.45) is 0 Å². The molecule has 10 heteroatoms. The lowest BCUT2D eigenvalue weighted by Gasteiger charge is -2.13. The van der Waals surface area contributed by atoms with Crippen molar-refractivity contribution in [2.75, 3.05) is 11.8 Å². The average molecular weight is 504 g/mol. The molecule has 0 aliphatic heterocycles. The van der Waals surface area contributed by atoms with E-state index in [1.807, 2.05) is 35.6 Å². The van der Waals surface area contributed by atoms with Gasteiger partial charge in [-0.1, -0.05) is 32.0 Å². The van der Waals surface area contributed by atoms with Gasteiger partial charge in [0.15, 0.2) is 0 Å². The number of sulfonamides is 1. The van der Waals surface area contributed by atoms with E-state index in [0.29, 0.717) is 23.0 Å². The quantitative estimate of drug-likeness (QED) is 0.321. The standard InChI is InChI=1S/C26H25N5O4S/c1-16(2)24-28-29-25-26(27-20-7-5-6-8-21(20)31(24)25)35-19-12-10-18(11-13-19)30-36(32,33)23-15-17(3)9-14-22(23)34-4/h5-16,30H,1-4H3. The number of fused-ring (bicyclic) bond motifs is 3. The highest BCUT2D eigenvalue weighted by atomic mass is 32.2. The molecule has 0 radical (unpaired) electrons. The van der Waals surface area contributed by atoms with Gasteiger partial charge in [0.1, 0.15) is 22.2 Å². The van der Waals surface area contributed by atoms with Gasteiger partial charge in [0, 0.05) is 11.6 Å². The first kappa shape index (κ1) is 23.6. The van der Waals surface area contributed by atoms with Gasteiger partial charge in [-0.3, -0.25) is 9.12 Å². The summed E-state index contributed by atoms with van der Waals surface area (Å²) in [5.41, 5.74) is 3.34. The van der Waals surface area contributed by atoms with Crippen LogP contribution in [0, 0.1) is 6.92 Å². The van der Waals surface area contributed by atoms with Crippen LogP contribution in [0.1, 0.15) is 31.2 Å². The Hall–Kier alpha value is -4.18. The lowest BCUT2D eigenvalue weighted by Crippen LogP contribution is -2.14. The smallest absolute Gasteiger partial charge is 0.266 e. The van der Waals surface area contributed by atoms with Crippen LogP contribution >= 0.6 is 0 Å². The first-order valence-electron chi connectivity index (χ1n) is 11.4. The molecule has 5 rings (SSSR count). The lowest BCUT2D eigenvalue weighted by molar-refractivity contribution is 0.402. The molecule has 0 unspecified atom stereocenters. The molecule has 0 saturated carbocycles. The minimum absolute atomic E-state index is 0.0702. The molecule has 184 valence electrons. The number of rotatable bonds is 7. The van der Waals surface area contributed by atoms with Crippen molar-refractivity contribution in [2.45, 2.75) is 31.6 Å². The second-order valence-electron chi connectivity index (χ2n) is 8.66. The third kappa shape index (κ3) is 4.31. The Morgan fingerprint density at radius 2 is 1.72 bits per heavy atom. The number of aromatic nitrogens is 4. The van der Waals surface area contributed by atoms with Crippen molar-refractivity contribution >= 4 is 32.4 Å². The summed E-state index contributed by atoms with van der Waals surface area (Å²) in [6.45, 7) is 5.93. The molecule has 9 nitrogen and oxygen atoms in total. The summed E-state index contributed by atoms with van der Waals surface area (Å²) in [6.07, 6.45) is 0. The van der Waals surface area contributed by atoms with Gasteiger partial charge < -0.3 is 9.47 Å². The van der Waals surface area contributed by atoms with E-state index in [2.05, 4.69) is 33.8 Å². The van der Waals surface area contributed by atoms with E-state index in [9.17, 15) is 8.42 Å². The number of methoxy groups -OCH3 is 1. The molecule has 2 heterocycles. The normalized spacial score (nSPS) is 11.8. The van der Waals surface area contributed by atoms with E-state index in [-0.39, 0.29) is 16.6 Å². The van der Waals surface area contributed by atoms with Crippen LogP contribution in [0.25, 0.3) is 16.7 Å². The molecule has 5 aromatic rings. The molecular weight excluding hydrogens is 478 g/mol. The molecule has 0 aliphatic carbocycles. The van der Waals surface area contributed by atoms with Crippen LogP contribution in [-0.2, 0) is 10.0 Å². The van der Waals surface area contributed by atoms with E-state index in [1.54, 1.807) is 42.5 Å². The van der Waals surface area contributed by atoms with Gasteiger partial charge in [-0.05, 0) is 61.0 Å². The van der Waals surface area contributed by atoms with E-state index in [4.69, 9.17) is 9.47 Å². The van der Waals surface area contributed by atoms with E-state index >= 15 is 0 Å². The monoisotopic (exact) mass is 503 g/mol. The Morgan fingerprint density at radius 3 is 2.44 bits per heavy atom. The zero-order valence-electron chi connectivity index (χ0n) is 20.3. The molecule has 3 aromatic carbocycles. The van der Waals surface area contributed by atoms with Gasteiger partial charge in [-0.2, -0.15) is 0 Å². The number of anilines is 1. The van der Waals surface area contributed by atoms with Gasteiger partial charge >= 0.3 is 0 Å². The van der Waals surface area contributed by atoms with Crippen molar-refractivity contribution in [3.05, 3.63) is 78.1 Å². The molecular formula is C26H25N5O4S. The molecule has 0 aliphatic rings. The molecule has 0 amide bonds. The van der Waals surface area contributed by atoms with E-state index in [1.165, 1.54) is 7.11 Å². The highest BCUT2D eigenvalue weighted by Gasteiger charge is 2.21. The number of ether oxygens (including phenoxy) is 2.